The van der Waals surface area contributed by atoms with Gasteiger partial charge in [0.25, 0.3) is 0 Å². The van der Waals surface area contributed by atoms with Crippen molar-refractivity contribution in [3.05, 3.63) is 65.9 Å². The Morgan fingerprint density at radius 3 is 2.03 bits per heavy atom. The van der Waals surface area contributed by atoms with Gasteiger partial charge in [0.1, 0.15) is 5.82 Å². The molecular formula is C29H38N6O2. The van der Waals surface area contributed by atoms with Crippen LogP contribution < -0.4 is 15.5 Å². The summed E-state index contributed by atoms with van der Waals surface area (Å²) in [5.41, 5.74) is 4.56. The maximum atomic E-state index is 12.9. The van der Waals surface area contributed by atoms with Crippen LogP contribution in [0, 0.1) is 12.8 Å². The van der Waals surface area contributed by atoms with Crippen molar-refractivity contribution in [2.24, 2.45) is 5.92 Å². The van der Waals surface area contributed by atoms with Gasteiger partial charge >= 0.3 is 6.03 Å². The van der Waals surface area contributed by atoms with Gasteiger partial charge in [-0.05, 0) is 43.3 Å². The van der Waals surface area contributed by atoms with E-state index in [0.717, 1.165) is 48.8 Å². The number of rotatable bonds is 5. The Labute approximate surface area is 219 Å². The average molecular weight is 503 g/mol. The molecule has 8 nitrogen and oxygen atoms in total. The molecule has 1 fully saturated rings. The number of nitrogens with one attached hydrogen (secondary N) is 2. The lowest BCUT2D eigenvalue weighted by atomic mass is 9.92. The van der Waals surface area contributed by atoms with Crippen LogP contribution in [0.4, 0.5) is 22.0 Å². The van der Waals surface area contributed by atoms with Gasteiger partial charge in [-0.15, -0.1) is 0 Å². The summed E-state index contributed by atoms with van der Waals surface area (Å²) in [7, 11) is 0. The van der Waals surface area contributed by atoms with Crippen LogP contribution in [0.2, 0.25) is 0 Å². The summed E-state index contributed by atoms with van der Waals surface area (Å²) in [5.74, 6) is 0.846. The van der Waals surface area contributed by atoms with Crippen LogP contribution in [0.1, 0.15) is 45.9 Å². The number of nitrogens with zero attached hydrogens (tertiary/aromatic N) is 4. The van der Waals surface area contributed by atoms with Crippen LogP contribution in [0.3, 0.4) is 0 Å². The molecule has 0 radical (unpaired) electrons. The second-order valence-electron chi connectivity index (χ2n) is 11.0. The molecule has 0 aliphatic carbocycles. The third-order valence-electron chi connectivity index (χ3n) is 6.57. The fourth-order valence-electron chi connectivity index (χ4n) is 4.30. The van der Waals surface area contributed by atoms with Crippen LogP contribution in [-0.2, 0) is 10.2 Å². The molecule has 0 spiro atoms. The Hall–Kier alpha value is -3.81. The van der Waals surface area contributed by atoms with E-state index in [0.29, 0.717) is 11.5 Å². The topological polar surface area (TPSA) is 82.5 Å². The van der Waals surface area contributed by atoms with Crippen LogP contribution in [0.5, 0.6) is 0 Å². The number of anilines is 3. The van der Waals surface area contributed by atoms with Gasteiger partial charge in [-0.1, -0.05) is 52.3 Å². The highest BCUT2D eigenvalue weighted by molar-refractivity contribution is 5.99. The Morgan fingerprint density at radius 2 is 1.46 bits per heavy atom. The summed E-state index contributed by atoms with van der Waals surface area (Å²) < 4.78 is 1.77. The molecule has 0 saturated carbocycles. The molecule has 3 amide bonds. The van der Waals surface area contributed by atoms with E-state index in [2.05, 4.69) is 36.3 Å². The molecule has 3 aromatic rings. The molecule has 4 rings (SSSR count). The molecule has 0 unspecified atom stereocenters. The van der Waals surface area contributed by atoms with E-state index in [1.165, 1.54) is 0 Å². The first kappa shape index (κ1) is 26.3. The highest BCUT2D eigenvalue weighted by atomic mass is 16.2. The number of benzene rings is 2. The number of piperazine rings is 1. The quantitative estimate of drug-likeness (QED) is 0.488. The molecule has 1 aromatic heterocycles. The van der Waals surface area contributed by atoms with Gasteiger partial charge in [0, 0.05) is 55.0 Å². The molecule has 1 saturated heterocycles. The summed E-state index contributed by atoms with van der Waals surface area (Å²) in [6, 6.07) is 17.4. The van der Waals surface area contributed by atoms with Crippen molar-refractivity contribution >= 4 is 29.1 Å². The Kier molecular flexibility index (Phi) is 7.57. The van der Waals surface area contributed by atoms with Crippen LogP contribution in [0.15, 0.2) is 54.6 Å². The van der Waals surface area contributed by atoms with E-state index in [4.69, 9.17) is 5.10 Å². The number of carbonyl (C=O) groups excluding carboxylic acids is 2. The zero-order chi connectivity index (χ0) is 26.7. The summed E-state index contributed by atoms with van der Waals surface area (Å²) in [6.07, 6.45) is 0. The second kappa shape index (κ2) is 10.7. The molecule has 2 N–H and O–H groups in total. The van der Waals surface area contributed by atoms with Crippen molar-refractivity contribution in [2.75, 3.05) is 41.7 Å². The van der Waals surface area contributed by atoms with Crippen molar-refractivity contribution in [1.82, 2.24) is 14.7 Å². The second-order valence-corrected chi connectivity index (χ2v) is 11.0. The summed E-state index contributed by atoms with van der Waals surface area (Å²) >= 11 is 0. The fourth-order valence-corrected chi connectivity index (χ4v) is 4.30. The molecule has 196 valence electrons. The predicted octanol–water partition coefficient (Wildman–Crippen LogP) is 5.43. The van der Waals surface area contributed by atoms with Crippen molar-refractivity contribution in [1.29, 1.82) is 0 Å². The van der Waals surface area contributed by atoms with E-state index >= 15 is 0 Å². The lowest BCUT2D eigenvalue weighted by Crippen LogP contribution is -2.49. The number of aryl methyl sites for hydroxylation is 1. The number of urea groups is 1. The first-order chi connectivity index (χ1) is 17.5. The monoisotopic (exact) mass is 502 g/mol. The molecule has 1 aliphatic rings. The molecule has 2 aromatic carbocycles. The van der Waals surface area contributed by atoms with Gasteiger partial charge in [0.05, 0.1) is 11.4 Å². The first-order valence-corrected chi connectivity index (χ1v) is 12.9. The van der Waals surface area contributed by atoms with Gasteiger partial charge < -0.3 is 15.1 Å². The van der Waals surface area contributed by atoms with Crippen LogP contribution in [-0.4, -0.2) is 52.8 Å². The van der Waals surface area contributed by atoms with Gasteiger partial charge in [-0.25, -0.2) is 9.48 Å². The summed E-state index contributed by atoms with van der Waals surface area (Å²) in [4.78, 5) is 29.4. The van der Waals surface area contributed by atoms with Crippen molar-refractivity contribution in [2.45, 2.75) is 47.0 Å². The minimum Gasteiger partial charge on any atom is -0.368 e. The number of carbonyl (C=O) groups is 2. The molecule has 0 atom stereocenters. The van der Waals surface area contributed by atoms with Crippen LogP contribution in [0.25, 0.3) is 5.69 Å². The highest BCUT2D eigenvalue weighted by Crippen LogP contribution is 2.27. The molecule has 2 heterocycles. The third-order valence-corrected chi connectivity index (χ3v) is 6.57. The van der Waals surface area contributed by atoms with Gasteiger partial charge in [-0.2, -0.15) is 5.10 Å². The van der Waals surface area contributed by atoms with Crippen molar-refractivity contribution in [3.8, 4) is 5.69 Å². The number of hydrogen-bond acceptors (Lipinski definition) is 4. The van der Waals surface area contributed by atoms with E-state index in [9.17, 15) is 9.59 Å². The lowest BCUT2D eigenvalue weighted by Gasteiger charge is -2.37. The van der Waals surface area contributed by atoms with E-state index in [-0.39, 0.29) is 23.3 Å². The smallest absolute Gasteiger partial charge is 0.324 e. The number of aromatic nitrogens is 2. The van der Waals surface area contributed by atoms with Gasteiger partial charge in [0.2, 0.25) is 5.91 Å². The minimum atomic E-state index is -0.331. The predicted molar refractivity (Wildman–Crippen MR) is 150 cm³/mol. The fraction of sp³-hybridized carbons (Fsp3) is 0.414. The molecule has 0 bridgehead atoms. The Morgan fingerprint density at radius 1 is 0.865 bits per heavy atom. The maximum absolute atomic E-state index is 12.9. The summed E-state index contributed by atoms with van der Waals surface area (Å²) in [5, 5.41) is 10.7. The molecule has 37 heavy (non-hydrogen) atoms. The molecule has 8 heteroatoms. The maximum Gasteiger partial charge on any atom is 0.324 e. The van der Waals surface area contributed by atoms with Crippen molar-refractivity contribution in [3.63, 3.8) is 0 Å². The largest absolute Gasteiger partial charge is 0.368 e. The SMILES string of the molecule is Cc1ccc(-n2nc(C(C)(C)C)cc2NC(=O)Nc2ccc(N3CCN(C(=O)C(C)C)CC3)cc2)cc1. The Bertz CT molecular complexity index is 1230. The zero-order valence-electron chi connectivity index (χ0n) is 22.7. The lowest BCUT2D eigenvalue weighted by molar-refractivity contribution is -0.134. The first-order valence-electron chi connectivity index (χ1n) is 12.9. The van der Waals surface area contributed by atoms with Gasteiger partial charge in [-0.3, -0.25) is 10.1 Å². The van der Waals surface area contributed by atoms with Gasteiger partial charge in [0.15, 0.2) is 0 Å². The van der Waals surface area contributed by atoms with E-state index in [1.54, 1.807) is 4.68 Å². The zero-order valence-corrected chi connectivity index (χ0v) is 22.7. The standard InChI is InChI=1S/C29H38N6O2/c1-20(2)27(36)34-17-15-33(16-18-34)23-13-9-22(10-14-23)30-28(37)31-26-19-25(29(4,5)6)32-35(26)24-11-7-21(3)8-12-24/h7-14,19-20H,15-18H2,1-6H3,(H2,30,31,37). The molecular weight excluding hydrogens is 464 g/mol. The Balaban J connectivity index is 1.41. The van der Waals surface area contributed by atoms with Crippen LogP contribution >= 0.6 is 0 Å². The number of amides is 3. The highest BCUT2D eigenvalue weighted by Gasteiger charge is 2.24. The normalized spacial score (nSPS) is 14.1. The third kappa shape index (κ3) is 6.31. The average Bonchev–Trinajstić information content (AvgIpc) is 3.29. The molecule has 1 aliphatic heterocycles. The summed E-state index contributed by atoms with van der Waals surface area (Å²) in [6.45, 7) is 15.3. The number of hydrogen-bond donors (Lipinski definition) is 2. The van der Waals surface area contributed by atoms with E-state index < -0.39 is 0 Å². The van der Waals surface area contributed by atoms with Crippen molar-refractivity contribution < 1.29 is 9.59 Å². The minimum absolute atomic E-state index is 0.0265. The van der Waals surface area contributed by atoms with E-state index in [1.807, 2.05) is 80.3 Å².